The Morgan fingerprint density at radius 3 is 2.22 bits per heavy atom. The number of allylic oxidation sites excluding steroid dienone is 4. The van der Waals surface area contributed by atoms with E-state index < -0.39 is 107 Å². The minimum absolute atomic E-state index is 0.00376. The van der Waals surface area contributed by atoms with E-state index in [9.17, 15) is 48.9 Å². The molecule has 4 bridgehead atoms. The second-order valence-electron chi connectivity index (χ2n) is 23.3. The van der Waals surface area contributed by atoms with Crippen LogP contribution in [0.25, 0.3) is 5.69 Å². The van der Waals surface area contributed by atoms with Crippen molar-refractivity contribution in [2.24, 2.45) is 35.5 Å². The fraction of sp³-hybridized carbons (Fsp3) is 0.678. The van der Waals surface area contributed by atoms with Crippen molar-refractivity contribution in [2.45, 2.75) is 192 Å². The molecule has 1 aliphatic carbocycles. The Bertz CT molecular complexity index is 2690. The molecule has 3 N–H and O–H groups in total. The molecule has 6 heterocycles. The van der Waals surface area contributed by atoms with Gasteiger partial charge in [0.2, 0.25) is 5.79 Å². The summed E-state index contributed by atoms with van der Waals surface area (Å²) in [6.45, 7) is 12.2. The molecule has 17 atom stereocenters. The van der Waals surface area contributed by atoms with Gasteiger partial charge >= 0.3 is 17.3 Å². The van der Waals surface area contributed by atoms with Crippen LogP contribution in [-0.4, -0.2) is 146 Å². The lowest BCUT2D eigenvalue weighted by Crippen LogP contribution is -2.61. The van der Waals surface area contributed by atoms with Crippen molar-refractivity contribution in [1.29, 1.82) is 0 Å². The van der Waals surface area contributed by atoms with Crippen LogP contribution in [0.15, 0.2) is 75.9 Å². The summed E-state index contributed by atoms with van der Waals surface area (Å²) in [6, 6.07) is 6.52. The molecule has 3 fully saturated rings. The quantitative estimate of drug-likeness (QED) is 0.181. The van der Waals surface area contributed by atoms with Gasteiger partial charge in [-0.05, 0) is 114 Å². The number of carbonyl (C=O) groups is 5. The Kier molecular flexibility index (Phi) is 19.8. The number of ketones is 3. The Morgan fingerprint density at radius 2 is 1.54 bits per heavy atom. The molecule has 2 unspecified atom stereocenters. The molecule has 6 aliphatic rings. The lowest BCUT2D eigenvalue weighted by atomic mass is 9.78. The first-order chi connectivity index (χ1) is 37.0. The highest BCUT2D eigenvalue weighted by molar-refractivity contribution is 6.39. The van der Waals surface area contributed by atoms with E-state index in [-0.39, 0.29) is 67.7 Å². The SMILES string of the molecule is CO[C@H]1C[C@@H]2CC[C@@H](C)[C@@](O)(O2)C(=O)C(=O)N2CCCC[C@H]2C(=O)O[C@H]([C@H](C)C[C@@H]2CC[C@@H](O)[C@H](OC)C2)CC(=O)[C@H](C)/C=C(\C)[C@@H](O)[C@@H](OC)C(=O)[C@H](C)C[C@H](C)/C=C/C2C=CC1(C)n1c(=O)n(-c3ccccc3)c(=O)n12. The van der Waals surface area contributed by atoms with Gasteiger partial charge in [-0.15, -0.1) is 0 Å². The molecular weight excluding hydrogens is 1000 g/mol. The molecule has 8 rings (SSSR count). The largest absolute Gasteiger partial charge is 0.460 e. The highest BCUT2D eigenvalue weighted by Gasteiger charge is 2.54. The van der Waals surface area contributed by atoms with Gasteiger partial charge in [0.1, 0.15) is 35.7 Å². The van der Waals surface area contributed by atoms with Crippen LogP contribution in [0.1, 0.15) is 132 Å². The second kappa shape index (κ2) is 25.5. The molecule has 1 aromatic carbocycles. The predicted octanol–water partition coefficient (Wildman–Crippen LogP) is 5.32. The van der Waals surface area contributed by atoms with Crippen LogP contribution in [0.3, 0.4) is 0 Å². The average Bonchev–Trinajstić information content (AvgIpc) is 3.72. The highest BCUT2D eigenvalue weighted by Crippen LogP contribution is 2.40. The fourth-order valence-electron chi connectivity index (χ4n) is 12.7. The van der Waals surface area contributed by atoms with Crippen LogP contribution < -0.4 is 11.4 Å². The maximum Gasteiger partial charge on any atom is 0.352 e. The number of nitrogens with zero attached hydrogens (tertiary/aromatic N) is 4. The fourth-order valence-corrected chi connectivity index (χ4v) is 12.7. The van der Waals surface area contributed by atoms with Crippen molar-refractivity contribution in [3.8, 4) is 5.69 Å². The van der Waals surface area contributed by atoms with Crippen molar-refractivity contribution < 1.29 is 63.0 Å². The van der Waals surface area contributed by atoms with Crippen LogP contribution in [0.5, 0.6) is 0 Å². The molecule has 430 valence electrons. The Hall–Kier alpha value is -5.15. The van der Waals surface area contributed by atoms with Crippen molar-refractivity contribution in [2.75, 3.05) is 27.9 Å². The van der Waals surface area contributed by atoms with Crippen LogP contribution in [0.2, 0.25) is 0 Å². The molecule has 0 radical (unpaired) electrons. The lowest BCUT2D eigenvalue weighted by Gasteiger charge is -2.45. The van der Waals surface area contributed by atoms with Crippen molar-refractivity contribution >= 4 is 29.2 Å². The minimum Gasteiger partial charge on any atom is -0.460 e. The molecule has 19 nitrogen and oxygen atoms in total. The number of aromatic nitrogens is 3. The number of para-hydroxylation sites is 1. The molecule has 78 heavy (non-hydrogen) atoms. The first-order valence-electron chi connectivity index (χ1n) is 28.0. The summed E-state index contributed by atoms with van der Waals surface area (Å²) in [4.78, 5) is 103. The number of aliphatic hydroxyl groups is 3. The third-order valence-electron chi connectivity index (χ3n) is 17.6. The van der Waals surface area contributed by atoms with Crippen molar-refractivity contribution in [3.05, 3.63) is 87.3 Å². The topological polar surface area (TPSA) is 244 Å². The zero-order valence-corrected chi connectivity index (χ0v) is 47.2. The Balaban J connectivity index is 1.27. The maximum absolute atomic E-state index is 14.8. The van der Waals surface area contributed by atoms with E-state index in [4.69, 9.17) is 23.7 Å². The standard InChI is InChI=1S/C59H84N4O15/c1-34-19-22-42-25-26-58(7,63-57(72)61(56(71)62(42)63)41-16-12-11-13-17-41)49(75-9)32-43-23-20-39(6)59(73,78-43)53(68)54(69)60-27-15-14-18-44(60)55(70)77-47(36(3)30-40-21-24-45(64)48(31-40)74-8)33-46(65)35(2)29-38(5)51(67)52(76-10)50(66)37(4)28-34/h11-13,16-17,19,22,25-26,29,34-37,39-40,42-45,47-49,51-52,64,67,73H,14-15,18,20-21,23-24,27-28,30-33H2,1-10H3/b22-19+,38-29+/t34-,35-,36-,37-,39-,40+,42?,43+,44+,45-,47+,48-,49+,51-,52+,58?,59-/m1/s1. The monoisotopic (exact) mass is 1090 g/mol. The van der Waals surface area contributed by atoms with Gasteiger partial charge in [-0.1, -0.05) is 83.2 Å². The number of methoxy groups -OCH3 is 3. The first kappa shape index (κ1) is 60.5. The van der Waals surface area contributed by atoms with E-state index in [0.29, 0.717) is 62.6 Å². The van der Waals surface area contributed by atoms with Crippen LogP contribution in [0, 0.1) is 35.5 Å². The van der Waals surface area contributed by atoms with E-state index in [1.54, 1.807) is 96.4 Å². The molecule has 1 aromatic heterocycles. The van der Waals surface area contributed by atoms with E-state index >= 15 is 0 Å². The number of hydrogen-bond acceptors (Lipinski definition) is 15. The zero-order valence-electron chi connectivity index (χ0n) is 47.2. The summed E-state index contributed by atoms with van der Waals surface area (Å²) in [5, 5.41) is 34.6. The number of aliphatic hydroxyl groups excluding tert-OH is 2. The summed E-state index contributed by atoms with van der Waals surface area (Å²) in [5.41, 5.74) is -1.97. The zero-order chi connectivity index (χ0) is 57.0. The van der Waals surface area contributed by atoms with E-state index in [1.165, 1.54) is 23.6 Å². The molecule has 1 saturated carbocycles. The van der Waals surface area contributed by atoms with E-state index in [2.05, 4.69) is 0 Å². The van der Waals surface area contributed by atoms with Gasteiger partial charge in [-0.25, -0.2) is 28.3 Å². The van der Waals surface area contributed by atoms with Gasteiger partial charge in [0.05, 0.1) is 36.1 Å². The summed E-state index contributed by atoms with van der Waals surface area (Å²) in [5.74, 6) is -9.29. The summed E-state index contributed by atoms with van der Waals surface area (Å²) < 4.78 is 33.8. The number of rotatable bonds is 7. The van der Waals surface area contributed by atoms with Gasteiger partial charge in [-0.2, -0.15) is 0 Å². The van der Waals surface area contributed by atoms with Gasteiger partial charge in [-0.3, -0.25) is 19.2 Å². The average molecular weight is 1090 g/mol. The molecule has 2 aromatic rings. The van der Waals surface area contributed by atoms with Crippen LogP contribution >= 0.6 is 0 Å². The molecular formula is C59H84N4O15. The van der Waals surface area contributed by atoms with Gasteiger partial charge in [0, 0.05) is 58.5 Å². The first-order valence-corrected chi connectivity index (χ1v) is 28.0. The summed E-state index contributed by atoms with van der Waals surface area (Å²) >= 11 is 0. The summed E-state index contributed by atoms with van der Waals surface area (Å²) in [7, 11) is 4.35. The summed E-state index contributed by atoms with van der Waals surface area (Å²) in [6.07, 6.45) is 6.50. The normalized spacial score (nSPS) is 37.7. The third-order valence-corrected chi connectivity index (χ3v) is 17.6. The van der Waals surface area contributed by atoms with Gasteiger partial charge in [0.25, 0.3) is 11.7 Å². The Labute approximate surface area is 457 Å². The predicted molar refractivity (Wildman–Crippen MR) is 288 cm³/mol. The third kappa shape index (κ3) is 12.6. The van der Waals surface area contributed by atoms with E-state index in [0.717, 1.165) is 9.47 Å². The number of esters is 1. The number of ether oxygens (including phenoxy) is 5. The number of Topliss-reactive ketones (excluding diaryl/α,β-unsaturated/α-hetero) is 3. The van der Waals surface area contributed by atoms with Crippen LogP contribution in [0.4, 0.5) is 0 Å². The van der Waals surface area contributed by atoms with Gasteiger partial charge in [0.15, 0.2) is 5.78 Å². The molecule has 2 saturated heterocycles. The second-order valence-corrected chi connectivity index (χ2v) is 23.3. The number of hydrogen-bond donors (Lipinski definition) is 3. The number of benzene rings is 1. The number of amides is 1. The van der Waals surface area contributed by atoms with E-state index in [1.807, 2.05) is 19.9 Å². The molecule has 1 amide bonds. The Morgan fingerprint density at radius 1 is 0.821 bits per heavy atom. The number of carbonyl (C=O) groups excluding carboxylic acids is 5. The highest BCUT2D eigenvalue weighted by atomic mass is 16.6. The molecule has 0 spiro atoms. The van der Waals surface area contributed by atoms with Crippen LogP contribution in [-0.2, 0) is 53.2 Å². The molecule has 5 aliphatic heterocycles. The molecule has 19 heteroatoms. The smallest absolute Gasteiger partial charge is 0.352 e. The number of fused-ring (bicyclic) bond motifs is 15. The number of piperidine rings is 1. The van der Waals surface area contributed by atoms with Gasteiger partial charge < -0.3 is 43.9 Å². The maximum atomic E-state index is 14.8. The van der Waals surface area contributed by atoms with Crippen molar-refractivity contribution in [3.63, 3.8) is 0 Å². The van der Waals surface area contributed by atoms with Crippen molar-refractivity contribution in [1.82, 2.24) is 18.8 Å². The lowest BCUT2D eigenvalue weighted by molar-refractivity contribution is -0.267. The minimum atomic E-state index is -2.62.